The second-order valence-electron chi connectivity index (χ2n) is 8.07. The summed E-state index contributed by atoms with van der Waals surface area (Å²) in [5, 5.41) is 5.17. The Hall–Kier alpha value is -2.99. The number of hydrogen-bond acceptors (Lipinski definition) is 4. The van der Waals surface area contributed by atoms with Crippen molar-refractivity contribution in [2.45, 2.75) is 31.8 Å². The Morgan fingerprint density at radius 1 is 0.939 bits per heavy atom. The predicted molar refractivity (Wildman–Crippen MR) is 113 cm³/mol. The average Bonchev–Trinajstić information content (AvgIpc) is 2.70. The number of anilines is 1. The molecular formula is C21H23F4N3O4S. The van der Waals surface area contributed by atoms with Crippen LogP contribution in [0.1, 0.15) is 36.7 Å². The maximum Gasteiger partial charge on any atom is 0.419 e. The van der Waals surface area contributed by atoms with Crippen LogP contribution in [-0.4, -0.2) is 33.3 Å². The summed E-state index contributed by atoms with van der Waals surface area (Å²) in [6.07, 6.45) is -5.05. The molecule has 0 aliphatic heterocycles. The Kier molecular flexibility index (Phi) is 7.86. The van der Waals surface area contributed by atoms with Crippen LogP contribution in [0.2, 0.25) is 0 Å². The first kappa shape index (κ1) is 26.3. The maximum atomic E-state index is 13.3. The van der Waals surface area contributed by atoms with E-state index in [2.05, 4.69) is 10.6 Å². The first-order valence-electron chi connectivity index (χ1n) is 9.67. The SMILES string of the molecule is CC(C)(C)C(=O)Nc1ccc(C(=O)NCCNS(=O)(=O)c2ccc(F)c(C(F)(F)F)c2)cc1. The molecule has 2 amide bonds. The molecule has 3 N–H and O–H groups in total. The first-order valence-corrected chi connectivity index (χ1v) is 11.2. The standard InChI is InChI=1S/C21H23F4N3O4S/c1-20(2,3)19(30)28-14-6-4-13(5-7-14)18(29)26-10-11-27-33(31,32)15-8-9-17(22)16(12-15)21(23,24)25/h4-9,12,27H,10-11H2,1-3H3,(H,26,29)(H,28,30). The van der Waals surface area contributed by atoms with Crippen molar-refractivity contribution in [2.75, 3.05) is 18.4 Å². The largest absolute Gasteiger partial charge is 0.419 e. The molecule has 0 unspecified atom stereocenters. The van der Waals surface area contributed by atoms with Crippen LogP contribution in [0, 0.1) is 11.2 Å². The fraction of sp³-hybridized carbons (Fsp3) is 0.333. The molecule has 180 valence electrons. The van der Waals surface area contributed by atoms with E-state index in [0.29, 0.717) is 17.8 Å². The highest BCUT2D eigenvalue weighted by atomic mass is 32.2. The number of halogens is 4. The molecule has 0 atom stereocenters. The third-order valence-electron chi connectivity index (χ3n) is 4.34. The molecule has 0 heterocycles. The maximum absolute atomic E-state index is 13.3. The van der Waals surface area contributed by atoms with Gasteiger partial charge >= 0.3 is 6.18 Å². The lowest BCUT2D eigenvalue weighted by atomic mass is 9.95. The van der Waals surface area contributed by atoms with Crippen molar-refractivity contribution < 1.29 is 35.6 Å². The predicted octanol–water partition coefficient (Wildman–Crippen LogP) is 3.54. The average molecular weight is 489 g/mol. The lowest BCUT2D eigenvalue weighted by Crippen LogP contribution is -2.34. The normalized spacial score (nSPS) is 12.3. The molecule has 33 heavy (non-hydrogen) atoms. The monoisotopic (exact) mass is 489 g/mol. The second-order valence-corrected chi connectivity index (χ2v) is 9.84. The highest BCUT2D eigenvalue weighted by Gasteiger charge is 2.35. The number of benzene rings is 2. The molecule has 2 rings (SSSR count). The van der Waals surface area contributed by atoms with E-state index >= 15 is 0 Å². The van der Waals surface area contributed by atoms with E-state index in [9.17, 15) is 35.6 Å². The number of alkyl halides is 3. The molecule has 0 aromatic heterocycles. The molecule has 0 aliphatic carbocycles. The van der Waals surface area contributed by atoms with Crippen molar-refractivity contribution in [3.63, 3.8) is 0 Å². The minimum Gasteiger partial charge on any atom is -0.351 e. The van der Waals surface area contributed by atoms with E-state index in [1.165, 1.54) is 24.3 Å². The Labute approximate surface area is 188 Å². The summed E-state index contributed by atoms with van der Waals surface area (Å²) in [6.45, 7) is 4.79. The van der Waals surface area contributed by atoms with Crippen molar-refractivity contribution in [1.29, 1.82) is 0 Å². The van der Waals surface area contributed by atoms with Gasteiger partial charge in [-0.15, -0.1) is 0 Å². The first-order chi connectivity index (χ1) is 15.1. The van der Waals surface area contributed by atoms with Crippen LogP contribution >= 0.6 is 0 Å². The summed E-state index contributed by atoms with van der Waals surface area (Å²) < 4.78 is 78.1. The van der Waals surface area contributed by atoms with Crippen LogP contribution in [0.4, 0.5) is 23.2 Å². The smallest absolute Gasteiger partial charge is 0.351 e. The number of carbonyl (C=O) groups is 2. The molecule has 0 saturated carbocycles. The number of rotatable bonds is 7. The number of amides is 2. The van der Waals surface area contributed by atoms with Gasteiger partial charge in [-0.05, 0) is 42.5 Å². The molecule has 0 radical (unpaired) electrons. The fourth-order valence-corrected chi connectivity index (χ4v) is 3.52. The van der Waals surface area contributed by atoms with E-state index in [1.54, 1.807) is 20.8 Å². The summed E-state index contributed by atoms with van der Waals surface area (Å²) in [5.74, 6) is -2.31. The van der Waals surface area contributed by atoms with E-state index in [-0.39, 0.29) is 30.6 Å². The minimum atomic E-state index is -5.05. The van der Waals surface area contributed by atoms with Gasteiger partial charge in [-0.3, -0.25) is 9.59 Å². The van der Waals surface area contributed by atoms with Crippen molar-refractivity contribution >= 4 is 27.5 Å². The van der Waals surface area contributed by atoms with Crippen LogP contribution in [-0.2, 0) is 21.0 Å². The quantitative estimate of drug-likeness (QED) is 0.409. The van der Waals surface area contributed by atoms with E-state index in [4.69, 9.17) is 0 Å². The van der Waals surface area contributed by atoms with Gasteiger partial charge in [0.25, 0.3) is 5.91 Å². The summed E-state index contributed by atoms with van der Waals surface area (Å²) >= 11 is 0. The zero-order valence-electron chi connectivity index (χ0n) is 18.0. The van der Waals surface area contributed by atoms with Gasteiger partial charge in [-0.1, -0.05) is 20.8 Å². The van der Waals surface area contributed by atoms with Gasteiger partial charge in [0.2, 0.25) is 15.9 Å². The van der Waals surface area contributed by atoms with Crippen molar-refractivity contribution in [3.05, 3.63) is 59.4 Å². The number of hydrogen-bond donors (Lipinski definition) is 3. The molecule has 12 heteroatoms. The second kappa shape index (κ2) is 9.87. The molecule has 2 aromatic rings. The Balaban J connectivity index is 1.92. The van der Waals surface area contributed by atoms with Gasteiger partial charge in [0.15, 0.2) is 0 Å². The van der Waals surface area contributed by atoms with Crippen LogP contribution in [0.15, 0.2) is 47.4 Å². The summed E-state index contributed by atoms with van der Waals surface area (Å²) in [5.41, 5.74) is -1.54. The lowest BCUT2D eigenvalue weighted by molar-refractivity contribution is -0.140. The number of nitrogens with one attached hydrogen (secondary N) is 3. The Morgan fingerprint density at radius 3 is 2.09 bits per heavy atom. The van der Waals surface area contributed by atoms with Gasteiger partial charge < -0.3 is 10.6 Å². The van der Waals surface area contributed by atoms with E-state index in [1.807, 2.05) is 4.72 Å². The molecule has 2 aromatic carbocycles. The van der Waals surface area contributed by atoms with Gasteiger partial charge in [0, 0.05) is 29.8 Å². The third-order valence-corrected chi connectivity index (χ3v) is 5.80. The molecule has 0 bridgehead atoms. The Bertz CT molecular complexity index is 1130. The van der Waals surface area contributed by atoms with Crippen molar-refractivity contribution in [3.8, 4) is 0 Å². The van der Waals surface area contributed by atoms with Gasteiger partial charge in [0.1, 0.15) is 5.82 Å². The Morgan fingerprint density at radius 2 is 1.55 bits per heavy atom. The zero-order valence-corrected chi connectivity index (χ0v) is 18.8. The van der Waals surface area contributed by atoms with E-state index < -0.39 is 43.8 Å². The summed E-state index contributed by atoms with van der Waals surface area (Å²) in [4.78, 5) is 23.4. The van der Waals surface area contributed by atoms with Crippen molar-refractivity contribution in [1.82, 2.24) is 10.0 Å². The van der Waals surface area contributed by atoms with Crippen LogP contribution in [0.3, 0.4) is 0 Å². The van der Waals surface area contributed by atoms with Gasteiger partial charge in [-0.2, -0.15) is 13.2 Å². The highest BCUT2D eigenvalue weighted by Crippen LogP contribution is 2.32. The third kappa shape index (κ3) is 7.26. The molecule has 0 saturated heterocycles. The van der Waals surface area contributed by atoms with Crippen molar-refractivity contribution in [2.24, 2.45) is 5.41 Å². The van der Waals surface area contributed by atoms with Gasteiger partial charge in [0.05, 0.1) is 10.5 Å². The molecule has 0 fully saturated rings. The molecule has 0 aliphatic rings. The lowest BCUT2D eigenvalue weighted by Gasteiger charge is -2.17. The minimum absolute atomic E-state index is 0.159. The van der Waals surface area contributed by atoms with Gasteiger partial charge in [-0.25, -0.2) is 17.5 Å². The fourth-order valence-electron chi connectivity index (χ4n) is 2.46. The molecule has 7 nitrogen and oxygen atoms in total. The summed E-state index contributed by atoms with van der Waals surface area (Å²) in [7, 11) is -4.36. The van der Waals surface area contributed by atoms with E-state index in [0.717, 1.165) is 0 Å². The zero-order chi connectivity index (χ0) is 25.0. The van der Waals surface area contributed by atoms with Crippen LogP contribution < -0.4 is 15.4 Å². The van der Waals surface area contributed by atoms with Crippen LogP contribution in [0.5, 0.6) is 0 Å². The summed E-state index contributed by atoms with van der Waals surface area (Å²) in [6, 6.07) is 7.35. The number of carbonyl (C=O) groups excluding carboxylic acids is 2. The topological polar surface area (TPSA) is 104 Å². The van der Waals surface area contributed by atoms with Crippen LogP contribution in [0.25, 0.3) is 0 Å². The molecular weight excluding hydrogens is 466 g/mol. The highest BCUT2D eigenvalue weighted by molar-refractivity contribution is 7.89. The number of sulfonamides is 1. The molecule has 0 spiro atoms.